The van der Waals surface area contributed by atoms with Crippen LogP contribution in [-0.4, -0.2) is 210 Å². The van der Waals surface area contributed by atoms with Crippen LogP contribution in [0, 0.1) is 29.6 Å². The van der Waals surface area contributed by atoms with E-state index in [2.05, 4.69) is 16.0 Å². The molecule has 0 spiro atoms. The summed E-state index contributed by atoms with van der Waals surface area (Å²) in [6.45, 7) is 23.2. The molecule has 2 aliphatic rings. The number of carbonyl (C=O) groups is 11. The van der Waals surface area contributed by atoms with Crippen LogP contribution in [0.15, 0.2) is 24.3 Å². The number of ether oxygens (including phenoxy) is 3. The van der Waals surface area contributed by atoms with Crippen molar-refractivity contribution in [2.75, 3.05) is 55.4 Å². The van der Waals surface area contributed by atoms with E-state index < -0.39 is 168 Å². The summed E-state index contributed by atoms with van der Waals surface area (Å²) in [5.41, 5.74) is -0.414. The summed E-state index contributed by atoms with van der Waals surface area (Å²) in [4.78, 5) is 168. The molecule has 0 saturated carbocycles. The second-order valence-electron chi connectivity index (χ2n) is 24.8. The first-order chi connectivity index (χ1) is 39.1. The van der Waals surface area contributed by atoms with Gasteiger partial charge in [0.05, 0.1) is 20.1 Å². The predicted molar refractivity (Wildman–Crippen MR) is 315 cm³/mol. The minimum atomic E-state index is -1.59. The average Bonchev–Trinajstić information content (AvgIpc) is 3.49. The highest BCUT2D eigenvalue weighted by Crippen LogP contribution is 2.27. The Labute approximate surface area is 498 Å². The molecule has 0 bridgehead atoms. The second-order valence-corrected chi connectivity index (χ2v) is 24.8. The summed E-state index contributed by atoms with van der Waals surface area (Å²) in [6, 6.07) is -3.55. The van der Waals surface area contributed by atoms with Gasteiger partial charge in [0.2, 0.25) is 47.3 Å². The first-order valence-corrected chi connectivity index (χ1v) is 29.6. The number of likely N-dealkylation sites (N-methyl/N-ethyl adjacent to an activating group) is 5. The molecule has 2 aliphatic heterocycles. The Hall–Kier alpha value is -6.81. The van der Waals surface area contributed by atoms with Crippen LogP contribution in [0.4, 0.5) is 0 Å². The number of benzene rings is 1. The third-order valence-corrected chi connectivity index (χ3v) is 16.2. The van der Waals surface area contributed by atoms with Crippen molar-refractivity contribution in [3.8, 4) is 5.75 Å². The third-order valence-electron chi connectivity index (χ3n) is 16.2. The number of hydrogen-bond donors (Lipinski definition) is 3. The van der Waals surface area contributed by atoms with Crippen molar-refractivity contribution in [3.05, 3.63) is 29.8 Å². The lowest BCUT2D eigenvalue weighted by atomic mass is 9.92. The molecular formula is C61H99N9O14. The minimum absolute atomic E-state index is 0.112. The van der Waals surface area contributed by atoms with Crippen LogP contribution in [0.5, 0.6) is 5.75 Å². The highest BCUT2D eigenvalue weighted by molar-refractivity contribution is 5.99. The number of hydrogen-bond acceptors (Lipinski definition) is 14. The lowest BCUT2D eigenvalue weighted by Crippen LogP contribution is -2.63. The third kappa shape index (κ3) is 18.3. The van der Waals surface area contributed by atoms with Crippen LogP contribution < -0.4 is 20.7 Å². The minimum Gasteiger partial charge on any atom is -0.497 e. The number of cyclic esters (lactones) is 1. The predicted octanol–water partition coefficient (Wildman–Crippen LogP) is 3.58. The van der Waals surface area contributed by atoms with E-state index in [9.17, 15) is 43.2 Å². The summed E-state index contributed by atoms with van der Waals surface area (Å²) < 4.78 is 16.9. The van der Waals surface area contributed by atoms with Gasteiger partial charge in [-0.2, -0.15) is 0 Å². The number of methoxy groups -OCH3 is 1. The number of carbonyl (C=O) groups excluding carboxylic acids is 11. The molecule has 0 radical (unpaired) electrons. The monoisotopic (exact) mass is 1180 g/mol. The smallest absolute Gasteiger partial charge is 0.329 e. The Kier molecular flexibility index (Phi) is 26.7. The van der Waals surface area contributed by atoms with Gasteiger partial charge in [-0.15, -0.1) is 0 Å². The van der Waals surface area contributed by atoms with Crippen LogP contribution in [0.3, 0.4) is 0 Å². The highest BCUT2D eigenvalue weighted by Gasteiger charge is 2.46. The molecule has 3 N–H and O–H groups in total. The van der Waals surface area contributed by atoms with Gasteiger partial charge in [0.25, 0.3) is 5.91 Å². The molecule has 1 unspecified atom stereocenters. The van der Waals surface area contributed by atoms with E-state index in [1.54, 1.807) is 100 Å². The SMILES string of the molecule is CC[C@H](C)C1C(=O)N(C)[C@@H]([C@@H](C)CC)C(=O)NCC(=O)N(C)[C@@H](C(C)C)C(=O)N[C@@H](Cc2ccc(OC)cc2)C(=O)O[C@@H](C)C(=O)N2CCCC[C@H]2C(=O)N(C)[C@@H](C(C)C)C(=O)N[C@H](C(C)C)C(=O)N(C)[C@@H](CC(=O)OC(C)(C)C)C(=O)N1C. The summed E-state index contributed by atoms with van der Waals surface area (Å²) in [6.07, 6.45) is -0.194. The number of nitrogens with one attached hydrogen (secondary N) is 3. The van der Waals surface area contributed by atoms with E-state index in [4.69, 9.17) is 14.2 Å². The van der Waals surface area contributed by atoms with E-state index in [1.165, 1.54) is 68.9 Å². The number of amides is 9. The van der Waals surface area contributed by atoms with E-state index in [0.717, 1.165) is 9.80 Å². The van der Waals surface area contributed by atoms with Crippen molar-refractivity contribution in [2.45, 2.75) is 202 Å². The number of fused-ring (bicyclic) bond motifs is 1. The maximum Gasteiger partial charge on any atom is 0.329 e. The molecule has 84 heavy (non-hydrogen) atoms. The van der Waals surface area contributed by atoms with Gasteiger partial charge in [-0.05, 0) is 94.2 Å². The second kappa shape index (κ2) is 31.4. The Balaban J connectivity index is 2.31. The quantitative estimate of drug-likeness (QED) is 0.253. The molecule has 9 amide bonds. The fourth-order valence-corrected chi connectivity index (χ4v) is 11.0. The number of piperidine rings is 1. The van der Waals surface area contributed by atoms with Gasteiger partial charge in [-0.25, -0.2) is 4.79 Å². The van der Waals surface area contributed by atoms with Gasteiger partial charge in [0.15, 0.2) is 6.10 Å². The molecule has 2 saturated heterocycles. The lowest BCUT2D eigenvalue weighted by molar-refractivity contribution is -0.165. The van der Waals surface area contributed by atoms with Crippen LogP contribution in [0.25, 0.3) is 0 Å². The molecule has 23 heteroatoms. The molecule has 1 aromatic rings. The van der Waals surface area contributed by atoms with Crippen LogP contribution in [0.1, 0.15) is 141 Å². The van der Waals surface area contributed by atoms with Crippen molar-refractivity contribution in [2.24, 2.45) is 29.6 Å². The molecule has 3 rings (SSSR count). The normalized spacial score (nSPS) is 26.2. The zero-order chi connectivity index (χ0) is 64.0. The van der Waals surface area contributed by atoms with E-state index in [1.807, 2.05) is 13.8 Å². The van der Waals surface area contributed by atoms with Crippen molar-refractivity contribution >= 4 is 65.1 Å². The van der Waals surface area contributed by atoms with Gasteiger partial charge in [-0.1, -0.05) is 94.2 Å². The molecule has 2 fully saturated rings. The van der Waals surface area contributed by atoms with Crippen molar-refractivity contribution < 1.29 is 67.0 Å². The molecular weight excluding hydrogens is 1080 g/mol. The molecule has 0 aromatic heterocycles. The number of rotatable bonds is 12. The fourth-order valence-electron chi connectivity index (χ4n) is 11.0. The van der Waals surface area contributed by atoms with E-state index in [0.29, 0.717) is 37.0 Å². The van der Waals surface area contributed by atoms with Crippen molar-refractivity contribution in [1.82, 2.24) is 45.3 Å². The van der Waals surface area contributed by atoms with Crippen LogP contribution >= 0.6 is 0 Å². The summed E-state index contributed by atoms with van der Waals surface area (Å²) in [5.74, 6) is -10.4. The zero-order valence-corrected chi connectivity index (χ0v) is 53.7. The Bertz CT molecular complexity index is 2500. The van der Waals surface area contributed by atoms with Gasteiger partial charge in [0.1, 0.15) is 59.7 Å². The molecule has 11 atom stereocenters. The standard InChI is InChI=1S/C61H99N9O14/c1-21-37(9)50-52(73)62-33-45(71)66(16)48(35(5)6)53(74)63-42(31-40-26-28-41(82-20)29-27-40)60(81)83-39(11)55(76)70-30-24-23-25-43(70)56(77)67(17)49(36(7)8)54(75)64-47(34(3)4)58(79)65(15)44(32-46(72)84-61(12,13)14)57(78)69(19)51(38(10)22-2)59(80)68(50)18/h26-29,34-39,42-44,47-51H,21-25,30-33H2,1-20H3,(H,62,73)(H,63,74)(H,64,75)/t37-,38-,39-,42-,43-,44-,47+,48-,49-,50-,51?/m0/s1. The fraction of sp³-hybridized carbons (Fsp3) is 0.721. The maximum atomic E-state index is 15.2. The van der Waals surface area contributed by atoms with Gasteiger partial charge in [-0.3, -0.25) is 47.9 Å². The highest BCUT2D eigenvalue weighted by atomic mass is 16.6. The van der Waals surface area contributed by atoms with Crippen LogP contribution in [0.2, 0.25) is 0 Å². The number of nitrogens with zero attached hydrogens (tertiary/aromatic N) is 6. The molecule has 0 aliphatic carbocycles. The Morgan fingerprint density at radius 1 is 0.631 bits per heavy atom. The number of esters is 2. The average molecular weight is 1180 g/mol. The molecule has 23 nitrogen and oxygen atoms in total. The first-order valence-electron chi connectivity index (χ1n) is 29.6. The van der Waals surface area contributed by atoms with Gasteiger partial charge < -0.3 is 59.6 Å². The van der Waals surface area contributed by atoms with Crippen molar-refractivity contribution in [3.63, 3.8) is 0 Å². The summed E-state index contributed by atoms with van der Waals surface area (Å²) >= 11 is 0. The Morgan fingerprint density at radius 3 is 1.68 bits per heavy atom. The zero-order valence-electron chi connectivity index (χ0n) is 53.7. The lowest BCUT2D eigenvalue weighted by Gasteiger charge is -2.41. The molecule has 2 heterocycles. The molecule has 1 aromatic carbocycles. The van der Waals surface area contributed by atoms with E-state index in [-0.39, 0.29) is 19.4 Å². The Morgan fingerprint density at radius 2 is 1.15 bits per heavy atom. The summed E-state index contributed by atoms with van der Waals surface area (Å²) in [5, 5.41) is 8.30. The topological polar surface area (TPSA) is 271 Å². The van der Waals surface area contributed by atoms with Gasteiger partial charge >= 0.3 is 11.9 Å². The van der Waals surface area contributed by atoms with Gasteiger partial charge in [0, 0.05) is 48.2 Å². The first kappa shape index (κ1) is 71.5. The molecule has 472 valence electrons. The maximum absolute atomic E-state index is 15.2. The largest absolute Gasteiger partial charge is 0.497 e. The van der Waals surface area contributed by atoms with E-state index >= 15 is 9.59 Å². The van der Waals surface area contributed by atoms with Crippen molar-refractivity contribution in [1.29, 1.82) is 0 Å². The van der Waals surface area contributed by atoms with Crippen LogP contribution in [-0.2, 0) is 68.6 Å². The summed E-state index contributed by atoms with van der Waals surface area (Å²) in [7, 11) is 8.45.